The first-order valence-electron chi connectivity index (χ1n) is 4.88. The van der Waals surface area contributed by atoms with Gasteiger partial charge in [-0.1, -0.05) is 13.3 Å². The van der Waals surface area contributed by atoms with Gasteiger partial charge in [0.25, 0.3) is 5.56 Å². The summed E-state index contributed by atoms with van der Waals surface area (Å²) in [5.74, 6) is -0.659. The lowest BCUT2D eigenvalue weighted by Gasteiger charge is -2.02. The van der Waals surface area contributed by atoms with Crippen molar-refractivity contribution in [2.45, 2.75) is 26.7 Å². The van der Waals surface area contributed by atoms with Gasteiger partial charge in [0.2, 0.25) is 5.69 Å². The zero-order chi connectivity index (χ0) is 11.3. The third-order valence-corrected chi connectivity index (χ3v) is 1.84. The van der Waals surface area contributed by atoms with Crippen LogP contribution in [0.4, 0.5) is 0 Å². The highest BCUT2D eigenvalue weighted by molar-refractivity contribution is 5.86. The van der Waals surface area contributed by atoms with Gasteiger partial charge in [-0.25, -0.2) is 9.78 Å². The summed E-state index contributed by atoms with van der Waals surface area (Å²) >= 11 is 0. The number of unbranched alkanes of at least 4 members (excludes halogenated alkanes) is 1. The first-order chi connectivity index (χ1) is 7.15. The van der Waals surface area contributed by atoms with Crippen molar-refractivity contribution in [2.75, 3.05) is 6.61 Å². The lowest BCUT2D eigenvalue weighted by molar-refractivity contribution is 0.0490. The van der Waals surface area contributed by atoms with Gasteiger partial charge in [-0.05, 0) is 13.3 Å². The summed E-state index contributed by atoms with van der Waals surface area (Å²) in [6.07, 6.45) is 3.17. The van der Waals surface area contributed by atoms with Gasteiger partial charge in [-0.15, -0.1) is 0 Å². The Morgan fingerprint density at radius 2 is 2.33 bits per heavy atom. The fourth-order valence-corrected chi connectivity index (χ4v) is 1.01. The summed E-state index contributed by atoms with van der Waals surface area (Å²) in [7, 11) is 0. The number of H-pyrrole nitrogens is 1. The molecule has 1 aromatic heterocycles. The molecular formula is C10H14N2O3. The monoisotopic (exact) mass is 210 g/mol. The second kappa shape index (κ2) is 5.29. The summed E-state index contributed by atoms with van der Waals surface area (Å²) in [5.41, 5.74) is -0.106. The van der Waals surface area contributed by atoms with Crippen LogP contribution in [0.15, 0.2) is 11.0 Å². The van der Waals surface area contributed by atoms with Gasteiger partial charge in [0.05, 0.1) is 12.3 Å². The molecule has 15 heavy (non-hydrogen) atoms. The van der Waals surface area contributed by atoms with E-state index in [1.165, 1.54) is 6.20 Å². The van der Waals surface area contributed by atoms with Crippen molar-refractivity contribution >= 4 is 5.97 Å². The average Bonchev–Trinajstić information content (AvgIpc) is 2.22. The third kappa shape index (κ3) is 3.19. The van der Waals surface area contributed by atoms with Crippen molar-refractivity contribution in [3.05, 3.63) is 27.9 Å². The number of aromatic amines is 1. The van der Waals surface area contributed by atoms with E-state index in [4.69, 9.17) is 4.74 Å². The normalized spacial score (nSPS) is 10.0. The molecule has 0 unspecified atom stereocenters. The lowest BCUT2D eigenvalue weighted by Crippen LogP contribution is -2.22. The number of carbonyl (C=O) groups excluding carboxylic acids is 1. The van der Waals surface area contributed by atoms with Crippen LogP contribution in [0.1, 0.15) is 35.9 Å². The minimum Gasteiger partial charge on any atom is -0.461 e. The molecule has 0 bridgehead atoms. The number of carbonyl (C=O) groups is 1. The summed E-state index contributed by atoms with van der Waals surface area (Å²) in [6.45, 7) is 4.01. The van der Waals surface area contributed by atoms with Crippen molar-refractivity contribution in [1.29, 1.82) is 0 Å². The minimum atomic E-state index is -0.659. The Kier molecular flexibility index (Phi) is 4.03. The standard InChI is InChI=1S/C10H14N2O3/c1-3-4-5-15-10(14)8-9(13)11-6-7(2)12-8/h6H,3-5H2,1-2H3,(H,11,13). The van der Waals surface area contributed by atoms with E-state index in [0.717, 1.165) is 12.8 Å². The van der Waals surface area contributed by atoms with E-state index < -0.39 is 11.5 Å². The molecule has 0 aliphatic carbocycles. The molecule has 0 aromatic carbocycles. The number of hydrogen-bond donors (Lipinski definition) is 1. The van der Waals surface area contributed by atoms with Gasteiger partial charge in [-0.2, -0.15) is 0 Å². The molecule has 0 saturated heterocycles. The molecule has 0 saturated carbocycles. The molecule has 1 rings (SSSR count). The Morgan fingerprint density at radius 1 is 1.60 bits per heavy atom. The van der Waals surface area contributed by atoms with Crippen LogP contribution in [0, 0.1) is 6.92 Å². The van der Waals surface area contributed by atoms with Crippen LogP contribution in [0.2, 0.25) is 0 Å². The van der Waals surface area contributed by atoms with Crippen molar-refractivity contribution < 1.29 is 9.53 Å². The smallest absolute Gasteiger partial charge is 0.362 e. The van der Waals surface area contributed by atoms with E-state index in [-0.39, 0.29) is 5.69 Å². The first kappa shape index (κ1) is 11.4. The Labute approximate surface area is 87.5 Å². The van der Waals surface area contributed by atoms with Gasteiger partial charge in [0, 0.05) is 6.20 Å². The number of esters is 1. The van der Waals surface area contributed by atoms with E-state index in [2.05, 4.69) is 9.97 Å². The highest BCUT2D eigenvalue weighted by Gasteiger charge is 2.13. The average molecular weight is 210 g/mol. The number of ether oxygens (including phenoxy) is 1. The Morgan fingerprint density at radius 3 is 3.00 bits per heavy atom. The number of aryl methyl sites for hydroxylation is 1. The number of nitrogens with zero attached hydrogens (tertiary/aromatic N) is 1. The Bertz CT molecular complexity index is 398. The molecule has 1 N–H and O–H groups in total. The first-order valence-corrected chi connectivity index (χ1v) is 4.88. The minimum absolute atomic E-state index is 0.175. The predicted molar refractivity (Wildman–Crippen MR) is 54.8 cm³/mol. The van der Waals surface area contributed by atoms with Crippen LogP contribution in [0.25, 0.3) is 0 Å². The van der Waals surface area contributed by atoms with Gasteiger partial charge in [0.1, 0.15) is 0 Å². The Hall–Kier alpha value is -1.65. The maximum Gasteiger partial charge on any atom is 0.362 e. The van der Waals surface area contributed by atoms with Crippen LogP contribution in [-0.4, -0.2) is 22.5 Å². The van der Waals surface area contributed by atoms with Gasteiger partial charge in [-0.3, -0.25) is 4.79 Å². The molecule has 0 aliphatic rings. The van der Waals surface area contributed by atoms with E-state index >= 15 is 0 Å². The molecule has 5 nitrogen and oxygen atoms in total. The predicted octanol–water partition coefficient (Wildman–Crippen LogP) is 1.04. The molecule has 0 aliphatic heterocycles. The second-order valence-electron chi connectivity index (χ2n) is 3.21. The number of hydrogen-bond acceptors (Lipinski definition) is 4. The second-order valence-corrected chi connectivity index (χ2v) is 3.21. The molecule has 5 heteroatoms. The van der Waals surface area contributed by atoms with Crippen LogP contribution in [0.5, 0.6) is 0 Å². The number of aromatic nitrogens is 2. The van der Waals surface area contributed by atoms with Gasteiger partial charge >= 0.3 is 5.97 Å². The van der Waals surface area contributed by atoms with Crippen LogP contribution < -0.4 is 5.56 Å². The van der Waals surface area contributed by atoms with Crippen molar-refractivity contribution in [3.8, 4) is 0 Å². The zero-order valence-electron chi connectivity index (χ0n) is 8.87. The fourth-order valence-electron chi connectivity index (χ4n) is 1.01. The highest BCUT2D eigenvalue weighted by atomic mass is 16.5. The molecule has 0 spiro atoms. The molecule has 82 valence electrons. The molecule has 0 fully saturated rings. The van der Waals surface area contributed by atoms with Crippen molar-refractivity contribution in [2.24, 2.45) is 0 Å². The molecule has 0 radical (unpaired) electrons. The van der Waals surface area contributed by atoms with Gasteiger partial charge < -0.3 is 9.72 Å². The van der Waals surface area contributed by atoms with Gasteiger partial charge in [0.15, 0.2) is 0 Å². The zero-order valence-corrected chi connectivity index (χ0v) is 8.87. The SMILES string of the molecule is CCCCOC(=O)c1nc(C)c[nH]c1=O. The van der Waals surface area contributed by atoms with E-state index in [9.17, 15) is 9.59 Å². The summed E-state index contributed by atoms with van der Waals surface area (Å²) < 4.78 is 4.88. The number of nitrogens with one attached hydrogen (secondary N) is 1. The third-order valence-electron chi connectivity index (χ3n) is 1.84. The topological polar surface area (TPSA) is 72.0 Å². The Balaban J connectivity index is 2.73. The molecule has 0 amide bonds. The summed E-state index contributed by atoms with van der Waals surface area (Å²) in [4.78, 5) is 28.9. The maximum atomic E-state index is 11.4. The van der Waals surface area contributed by atoms with E-state index in [0.29, 0.717) is 12.3 Å². The van der Waals surface area contributed by atoms with Crippen LogP contribution in [-0.2, 0) is 4.74 Å². The summed E-state index contributed by atoms with van der Waals surface area (Å²) in [5, 5.41) is 0. The van der Waals surface area contributed by atoms with Crippen LogP contribution in [0.3, 0.4) is 0 Å². The molecule has 1 heterocycles. The molecule has 0 atom stereocenters. The molecule has 1 aromatic rings. The van der Waals surface area contributed by atoms with E-state index in [1.54, 1.807) is 6.92 Å². The molecular weight excluding hydrogens is 196 g/mol. The highest BCUT2D eigenvalue weighted by Crippen LogP contribution is 1.95. The number of rotatable bonds is 4. The quantitative estimate of drug-likeness (QED) is 0.595. The summed E-state index contributed by atoms with van der Waals surface area (Å²) in [6, 6.07) is 0. The van der Waals surface area contributed by atoms with Crippen molar-refractivity contribution in [3.63, 3.8) is 0 Å². The fraction of sp³-hybridized carbons (Fsp3) is 0.500. The largest absolute Gasteiger partial charge is 0.461 e. The van der Waals surface area contributed by atoms with Crippen LogP contribution >= 0.6 is 0 Å². The van der Waals surface area contributed by atoms with Crippen molar-refractivity contribution in [1.82, 2.24) is 9.97 Å². The lowest BCUT2D eigenvalue weighted by atomic mass is 10.3. The maximum absolute atomic E-state index is 11.4. The van der Waals surface area contributed by atoms with E-state index in [1.807, 2.05) is 6.92 Å².